The van der Waals surface area contributed by atoms with Gasteiger partial charge in [-0.1, -0.05) is 24.3 Å². The fraction of sp³-hybridized carbons (Fsp3) is 0.300. The summed E-state index contributed by atoms with van der Waals surface area (Å²) in [5, 5.41) is 11.4. The zero-order valence-electron chi connectivity index (χ0n) is 15.7. The molecule has 0 aromatic heterocycles. The number of nitrogens with zero attached hydrogens (tertiary/aromatic N) is 2. The number of carbonyl (C=O) groups is 1. The van der Waals surface area contributed by atoms with E-state index in [0.717, 1.165) is 0 Å². The summed E-state index contributed by atoms with van der Waals surface area (Å²) in [6, 6.07) is 13.9. The number of benzene rings is 2. The van der Waals surface area contributed by atoms with Crippen molar-refractivity contribution in [3.8, 4) is 6.07 Å². The van der Waals surface area contributed by atoms with E-state index in [0.29, 0.717) is 16.7 Å². The molecule has 148 valence electrons. The molecule has 0 fully saturated rings. The van der Waals surface area contributed by atoms with E-state index in [9.17, 15) is 17.6 Å². The molecule has 0 bridgehead atoms. The summed E-state index contributed by atoms with van der Waals surface area (Å²) in [7, 11) is -0.0715. The fourth-order valence-corrected chi connectivity index (χ4v) is 4.06. The molecule has 2 rings (SSSR count). The van der Waals surface area contributed by atoms with Gasteiger partial charge in [0, 0.05) is 6.54 Å². The minimum Gasteiger partial charge on any atom is -0.353 e. The van der Waals surface area contributed by atoms with Crippen LogP contribution in [0.1, 0.15) is 22.7 Å². The highest BCUT2D eigenvalue weighted by Crippen LogP contribution is 2.18. The molecule has 0 aliphatic heterocycles. The van der Waals surface area contributed by atoms with Crippen LogP contribution in [0.4, 0.5) is 4.39 Å². The lowest BCUT2D eigenvalue weighted by Crippen LogP contribution is -2.37. The number of carbonyl (C=O) groups excluding carboxylic acids is 1. The van der Waals surface area contributed by atoms with Crippen LogP contribution in [-0.4, -0.2) is 45.6 Å². The summed E-state index contributed by atoms with van der Waals surface area (Å²) in [6.45, 7) is 0.154. The largest absolute Gasteiger partial charge is 0.353 e. The van der Waals surface area contributed by atoms with Gasteiger partial charge < -0.3 is 10.2 Å². The first-order valence-electron chi connectivity index (χ1n) is 8.58. The van der Waals surface area contributed by atoms with Crippen molar-refractivity contribution < 1.29 is 17.6 Å². The molecule has 0 saturated carbocycles. The molecule has 0 heterocycles. The third-order valence-corrected chi connectivity index (χ3v) is 5.65. The van der Waals surface area contributed by atoms with E-state index in [4.69, 9.17) is 5.26 Å². The molecule has 2 aromatic rings. The zero-order chi connectivity index (χ0) is 20.7. The molecule has 0 aliphatic carbocycles. The number of rotatable bonds is 8. The number of nitriles is 1. The molecule has 1 amide bonds. The van der Waals surface area contributed by atoms with Gasteiger partial charge in [-0.3, -0.25) is 4.79 Å². The first-order valence-corrected chi connectivity index (χ1v) is 10.4. The normalized spacial score (nSPS) is 12.4. The Morgan fingerprint density at radius 2 is 1.89 bits per heavy atom. The van der Waals surface area contributed by atoms with Crippen LogP contribution >= 0.6 is 0 Å². The van der Waals surface area contributed by atoms with E-state index in [1.165, 1.54) is 24.3 Å². The average molecular weight is 403 g/mol. The second-order valence-corrected chi connectivity index (χ2v) is 8.74. The van der Waals surface area contributed by atoms with E-state index in [-0.39, 0.29) is 24.2 Å². The molecule has 1 atom stereocenters. The Morgan fingerprint density at radius 1 is 1.21 bits per heavy atom. The van der Waals surface area contributed by atoms with Crippen molar-refractivity contribution in [2.24, 2.45) is 0 Å². The Kier molecular flexibility index (Phi) is 7.26. The average Bonchev–Trinajstić information content (AvgIpc) is 2.61. The molecular formula is C20H22FN3O3S. The molecule has 0 spiro atoms. The van der Waals surface area contributed by atoms with Crippen molar-refractivity contribution in [1.82, 2.24) is 10.2 Å². The maximum atomic E-state index is 13.5. The third-order valence-electron chi connectivity index (χ3n) is 4.17. The Morgan fingerprint density at radius 3 is 2.46 bits per heavy atom. The van der Waals surface area contributed by atoms with Crippen LogP contribution in [0.25, 0.3) is 0 Å². The van der Waals surface area contributed by atoms with Crippen LogP contribution in [-0.2, 0) is 20.4 Å². The monoisotopic (exact) mass is 403 g/mol. The highest BCUT2D eigenvalue weighted by atomic mass is 32.2. The first-order chi connectivity index (χ1) is 13.2. The van der Waals surface area contributed by atoms with Gasteiger partial charge in [0.2, 0.25) is 5.91 Å². The number of hydrogen-bond acceptors (Lipinski definition) is 5. The topological polar surface area (TPSA) is 90.3 Å². The summed E-state index contributed by atoms with van der Waals surface area (Å²) >= 11 is 0. The Bertz CT molecular complexity index is 967. The number of nitrogens with one attached hydrogen (secondary N) is 1. The maximum absolute atomic E-state index is 13.5. The molecule has 0 saturated heterocycles. The second-order valence-electron chi connectivity index (χ2n) is 6.68. The SMILES string of the molecule is CN(C)C(CNC(=O)CS(=O)(=O)Cc1ccc(C#N)cc1)c1cccc(F)c1. The molecule has 0 aliphatic rings. The van der Waals surface area contributed by atoms with Crippen molar-refractivity contribution in [3.63, 3.8) is 0 Å². The van der Waals surface area contributed by atoms with Crippen molar-refractivity contribution in [1.29, 1.82) is 5.26 Å². The molecule has 0 radical (unpaired) electrons. The van der Waals surface area contributed by atoms with Crippen LogP contribution in [0, 0.1) is 17.1 Å². The van der Waals surface area contributed by atoms with Gasteiger partial charge in [-0.05, 0) is 49.5 Å². The van der Waals surface area contributed by atoms with Gasteiger partial charge in [0.1, 0.15) is 11.6 Å². The molecule has 2 aromatic carbocycles. The molecule has 1 N–H and O–H groups in total. The molecular weight excluding hydrogens is 381 g/mol. The van der Waals surface area contributed by atoms with Crippen molar-refractivity contribution in [3.05, 3.63) is 71.0 Å². The summed E-state index contributed by atoms with van der Waals surface area (Å²) in [4.78, 5) is 14.0. The summed E-state index contributed by atoms with van der Waals surface area (Å²) in [5.74, 6) is -1.92. The number of likely N-dealkylation sites (N-methyl/N-ethyl adjacent to an activating group) is 1. The summed E-state index contributed by atoms with van der Waals surface area (Å²) in [6.07, 6.45) is 0. The van der Waals surface area contributed by atoms with E-state index >= 15 is 0 Å². The van der Waals surface area contributed by atoms with Gasteiger partial charge in [-0.25, -0.2) is 12.8 Å². The van der Waals surface area contributed by atoms with Gasteiger partial charge >= 0.3 is 0 Å². The van der Waals surface area contributed by atoms with Gasteiger partial charge in [0.25, 0.3) is 0 Å². The third kappa shape index (κ3) is 6.44. The van der Waals surface area contributed by atoms with Crippen LogP contribution < -0.4 is 5.32 Å². The summed E-state index contributed by atoms with van der Waals surface area (Å²) < 4.78 is 38.0. The Labute approximate surface area is 164 Å². The smallest absolute Gasteiger partial charge is 0.235 e. The summed E-state index contributed by atoms with van der Waals surface area (Å²) in [5.41, 5.74) is 1.63. The second kappa shape index (κ2) is 9.44. The number of amides is 1. The molecule has 28 heavy (non-hydrogen) atoms. The molecule has 1 unspecified atom stereocenters. The first kappa shape index (κ1) is 21.5. The highest BCUT2D eigenvalue weighted by molar-refractivity contribution is 7.91. The van der Waals surface area contributed by atoms with Crippen LogP contribution in [0.2, 0.25) is 0 Å². The molecule has 8 heteroatoms. The zero-order valence-corrected chi connectivity index (χ0v) is 16.5. The van der Waals surface area contributed by atoms with E-state index in [2.05, 4.69) is 5.32 Å². The van der Waals surface area contributed by atoms with Gasteiger partial charge in [-0.2, -0.15) is 5.26 Å². The van der Waals surface area contributed by atoms with Crippen LogP contribution in [0.3, 0.4) is 0 Å². The van der Waals surface area contributed by atoms with Gasteiger partial charge in [0.05, 0.1) is 23.4 Å². The predicted molar refractivity (Wildman–Crippen MR) is 104 cm³/mol. The van der Waals surface area contributed by atoms with E-state index < -0.39 is 21.5 Å². The van der Waals surface area contributed by atoms with Crippen molar-refractivity contribution in [2.75, 3.05) is 26.4 Å². The van der Waals surface area contributed by atoms with Gasteiger partial charge in [0.15, 0.2) is 9.84 Å². The fourth-order valence-electron chi connectivity index (χ4n) is 2.75. The predicted octanol–water partition coefficient (Wildman–Crippen LogP) is 2.03. The number of sulfone groups is 1. The van der Waals surface area contributed by atoms with Crippen molar-refractivity contribution in [2.45, 2.75) is 11.8 Å². The lowest BCUT2D eigenvalue weighted by atomic mass is 10.1. The Hall–Kier alpha value is -2.76. The minimum absolute atomic E-state index is 0.154. The van der Waals surface area contributed by atoms with Crippen LogP contribution in [0.15, 0.2) is 48.5 Å². The maximum Gasteiger partial charge on any atom is 0.235 e. The Balaban J connectivity index is 1.96. The standard InChI is InChI=1S/C20H22FN3O3S/c1-24(2)19(17-4-3-5-18(21)10-17)12-23-20(25)14-28(26,27)13-16-8-6-15(11-22)7-9-16/h3-10,19H,12-14H2,1-2H3,(H,23,25). The van der Waals surface area contributed by atoms with E-state index in [1.807, 2.05) is 11.0 Å². The number of hydrogen-bond donors (Lipinski definition) is 1. The number of halogens is 1. The van der Waals surface area contributed by atoms with Crippen LogP contribution in [0.5, 0.6) is 0 Å². The lowest BCUT2D eigenvalue weighted by molar-refractivity contribution is -0.118. The van der Waals surface area contributed by atoms with Crippen molar-refractivity contribution >= 4 is 15.7 Å². The quantitative estimate of drug-likeness (QED) is 0.728. The van der Waals surface area contributed by atoms with Gasteiger partial charge in [-0.15, -0.1) is 0 Å². The lowest BCUT2D eigenvalue weighted by Gasteiger charge is -2.25. The molecule has 6 nitrogen and oxygen atoms in total. The minimum atomic E-state index is -3.66. The highest BCUT2D eigenvalue weighted by Gasteiger charge is 2.20. The van der Waals surface area contributed by atoms with E-state index in [1.54, 1.807) is 38.4 Å².